The highest BCUT2D eigenvalue weighted by atomic mass is 19.4. The fourth-order valence-electron chi connectivity index (χ4n) is 3.87. The Morgan fingerprint density at radius 1 is 0.846 bits per heavy atom. The Morgan fingerprint density at radius 2 is 1.51 bits per heavy atom. The molecule has 0 aliphatic rings. The Bertz CT molecular complexity index is 1540. The van der Waals surface area contributed by atoms with Crippen molar-refractivity contribution in [2.45, 2.75) is 32.0 Å². The van der Waals surface area contributed by atoms with Gasteiger partial charge in [-0.1, -0.05) is 36.4 Å². The fourth-order valence-corrected chi connectivity index (χ4v) is 3.87. The number of hydrogen-bond donors (Lipinski definition) is 1. The zero-order valence-corrected chi connectivity index (χ0v) is 19.9. The van der Waals surface area contributed by atoms with Crippen LogP contribution in [0.5, 0.6) is 0 Å². The minimum absolute atomic E-state index is 0.159. The van der Waals surface area contributed by atoms with Gasteiger partial charge in [-0.05, 0) is 29.3 Å². The standard InChI is InChI=1S/C26H19F7N4O2/c27-21-5-3-4-20(25(28,29)30)18(21)12-34-24(39)19-15-37(35-23(19)26(31,32)33)14-17-9-7-16(8-10-17)13-36-11-2-1-6-22(36)38/h1-11,15H,12-14H2,(H,34,39). The van der Waals surface area contributed by atoms with Crippen LogP contribution in [0.4, 0.5) is 30.7 Å². The van der Waals surface area contributed by atoms with E-state index in [2.05, 4.69) is 5.10 Å². The largest absolute Gasteiger partial charge is 0.435 e. The Labute approximate surface area is 216 Å². The first-order valence-corrected chi connectivity index (χ1v) is 11.3. The van der Waals surface area contributed by atoms with Gasteiger partial charge in [0.15, 0.2) is 5.69 Å². The summed E-state index contributed by atoms with van der Waals surface area (Å²) in [7, 11) is 0. The molecule has 0 aliphatic carbocycles. The van der Waals surface area contributed by atoms with Crippen molar-refractivity contribution in [2.75, 3.05) is 0 Å². The molecule has 0 saturated heterocycles. The summed E-state index contributed by atoms with van der Waals surface area (Å²) >= 11 is 0. The maximum absolute atomic E-state index is 14.1. The van der Waals surface area contributed by atoms with E-state index in [9.17, 15) is 40.3 Å². The molecule has 0 aliphatic heterocycles. The molecular weight excluding hydrogens is 533 g/mol. The van der Waals surface area contributed by atoms with E-state index in [0.717, 1.165) is 28.6 Å². The molecule has 2 aromatic heterocycles. The van der Waals surface area contributed by atoms with Crippen LogP contribution in [0.15, 0.2) is 77.9 Å². The molecule has 4 aromatic rings. The van der Waals surface area contributed by atoms with Crippen molar-refractivity contribution in [3.63, 3.8) is 0 Å². The van der Waals surface area contributed by atoms with Gasteiger partial charge in [0, 0.05) is 30.6 Å². The molecule has 204 valence electrons. The topological polar surface area (TPSA) is 68.9 Å². The van der Waals surface area contributed by atoms with E-state index in [1.807, 2.05) is 5.32 Å². The number of amides is 1. The maximum Gasteiger partial charge on any atom is 0.435 e. The number of hydrogen-bond acceptors (Lipinski definition) is 3. The molecular formula is C26H19F7N4O2. The minimum atomic E-state index is -5.04. The van der Waals surface area contributed by atoms with E-state index in [-0.39, 0.29) is 18.6 Å². The average molecular weight is 552 g/mol. The van der Waals surface area contributed by atoms with Gasteiger partial charge in [0.1, 0.15) is 5.82 Å². The molecule has 2 heterocycles. The lowest BCUT2D eigenvalue weighted by atomic mass is 10.1. The molecule has 1 amide bonds. The van der Waals surface area contributed by atoms with Crippen LogP contribution >= 0.6 is 0 Å². The van der Waals surface area contributed by atoms with E-state index in [4.69, 9.17) is 0 Å². The van der Waals surface area contributed by atoms with Gasteiger partial charge in [-0.2, -0.15) is 31.4 Å². The number of nitrogens with one attached hydrogen (secondary N) is 1. The third kappa shape index (κ3) is 6.54. The number of halogens is 7. The number of aromatic nitrogens is 3. The predicted octanol–water partition coefficient (Wildman–Crippen LogP) is 5.25. The molecule has 0 spiro atoms. The van der Waals surface area contributed by atoms with E-state index < -0.39 is 53.0 Å². The number of rotatable bonds is 7. The summed E-state index contributed by atoms with van der Waals surface area (Å²) in [6.07, 6.45) is -7.54. The lowest BCUT2D eigenvalue weighted by Gasteiger charge is -2.14. The van der Waals surface area contributed by atoms with E-state index in [0.29, 0.717) is 11.6 Å². The number of carbonyl (C=O) groups is 1. The van der Waals surface area contributed by atoms with E-state index in [1.165, 1.54) is 10.6 Å². The SMILES string of the molecule is O=C(NCc1c(F)cccc1C(F)(F)F)c1cn(Cc2ccc(Cn3ccccc3=O)cc2)nc1C(F)(F)F. The second-order valence-electron chi connectivity index (χ2n) is 8.52. The van der Waals surface area contributed by atoms with Crippen LogP contribution in [0.3, 0.4) is 0 Å². The number of alkyl halides is 6. The third-order valence-corrected chi connectivity index (χ3v) is 5.74. The Kier molecular flexibility index (Phi) is 7.61. The van der Waals surface area contributed by atoms with Crippen LogP contribution in [-0.4, -0.2) is 20.3 Å². The van der Waals surface area contributed by atoms with Crippen LogP contribution in [0.2, 0.25) is 0 Å². The molecule has 1 N–H and O–H groups in total. The molecule has 0 saturated carbocycles. The first-order chi connectivity index (χ1) is 18.3. The number of carbonyl (C=O) groups excluding carboxylic acids is 1. The molecule has 6 nitrogen and oxygen atoms in total. The van der Waals surface area contributed by atoms with Gasteiger partial charge in [0.25, 0.3) is 11.5 Å². The lowest BCUT2D eigenvalue weighted by molar-refractivity contribution is -0.141. The van der Waals surface area contributed by atoms with Crippen molar-refractivity contribution < 1.29 is 35.5 Å². The summed E-state index contributed by atoms with van der Waals surface area (Å²) in [6, 6.07) is 13.5. The quantitative estimate of drug-likeness (QED) is 0.319. The molecule has 39 heavy (non-hydrogen) atoms. The molecule has 0 fully saturated rings. The van der Waals surface area contributed by atoms with Crippen LogP contribution in [0.1, 0.15) is 38.3 Å². The summed E-state index contributed by atoms with van der Waals surface area (Å²) < 4.78 is 96.8. The first kappa shape index (κ1) is 27.6. The van der Waals surface area contributed by atoms with Crippen LogP contribution in [0.25, 0.3) is 0 Å². The normalized spacial score (nSPS) is 12.0. The second-order valence-corrected chi connectivity index (χ2v) is 8.52. The van der Waals surface area contributed by atoms with Gasteiger partial charge in [-0.15, -0.1) is 0 Å². The van der Waals surface area contributed by atoms with Gasteiger partial charge in [-0.3, -0.25) is 14.3 Å². The van der Waals surface area contributed by atoms with Crippen LogP contribution < -0.4 is 10.9 Å². The van der Waals surface area contributed by atoms with Gasteiger partial charge in [-0.25, -0.2) is 4.39 Å². The third-order valence-electron chi connectivity index (χ3n) is 5.74. The number of nitrogens with zero attached hydrogens (tertiary/aromatic N) is 3. The smallest absolute Gasteiger partial charge is 0.348 e. The van der Waals surface area contributed by atoms with Crippen molar-refractivity contribution in [1.29, 1.82) is 0 Å². The lowest BCUT2D eigenvalue weighted by Crippen LogP contribution is -2.27. The Morgan fingerprint density at radius 3 is 2.13 bits per heavy atom. The van der Waals surface area contributed by atoms with Crippen molar-refractivity contribution in [2.24, 2.45) is 0 Å². The summed E-state index contributed by atoms with van der Waals surface area (Å²) in [5, 5.41) is 5.39. The molecule has 0 bridgehead atoms. The summed E-state index contributed by atoms with van der Waals surface area (Å²) in [6.45, 7) is -0.870. The monoisotopic (exact) mass is 552 g/mol. The Balaban J connectivity index is 1.52. The van der Waals surface area contributed by atoms with Gasteiger partial charge in [0.05, 0.1) is 24.2 Å². The number of pyridine rings is 1. The maximum atomic E-state index is 14.1. The van der Waals surface area contributed by atoms with Crippen molar-refractivity contribution in [3.05, 3.63) is 123 Å². The van der Waals surface area contributed by atoms with Crippen molar-refractivity contribution >= 4 is 5.91 Å². The average Bonchev–Trinajstić information content (AvgIpc) is 3.30. The van der Waals surface area contributed by atoms with Gasteiger partial charge in [0.2, 0.25) is 0 Å². The molecule has 0 unspecified atom stereocenters. The molecule has 0 atom stereocenters. The van der Waals surface area contributed by atoms with Crippen molar-refractivity contribution in [1.82, 2.24) is 19.7 Å². The fraction of sp³-hybridized carbons (Fsp3) is 0.192. The zero-order chi connectivity index (χ0) is 28.4. The van der Waals surface area contributed by atoms with Crippen molar-refractivity contribution in [3.8, 4) is 0 Å². The molecule has 2 aromatic carbocycles. The highest BCUT2D eigenvalue weighted by molar-refractivity contribution is 5.95. The predicted molar refractivity (Wildman–Crippen MR) is 125 cm³/mol. The highest BCUT2D eigenvalue weighted by Crippen LogP contribution is 2.34. The van der Waals surface area contributed by atoms with E-state index in [1.54, 1.807) is 42.6 Å². The van der Waals surface area contributed by atoms with E-state index >= 15 is 0 Å². The van der Waals surface area contributed by atoms with Gasteiger partial charge < -0.3 is 9.88 Å². The molecule has 4 rings (SSSR count). The summed E-state index contributed by atoms with van der Waals surface area (Å²) in [5.41, 5.74) is -3.63. The first-order valence-electron chi connectivity index (χ1n) is 11.3. The van der Waals surface area contributed by atoms with Crippen LogP contribution in [-0.2, 0) is 32.0 Å². The number of benzene rings is 2. The Hall–Kier alpha value is -4.42. The molecule has 13 heteroatoms. The summed E-state index contributed by atoms with van der Waals surface area (Å²) in [5.74, 6) is -2.63. The second kappa shape index (κ2) is 10.8. The summed E-state index contributed by atoms with van der Waals surface area (Å²) in [4.78, 5) is 24.4. The highest BCUT2D eigenvalue weighted by Gasteiger charge is 2.39. The zero-order valence-electron chi connectivity index (χ0n) is 19.9. The molecule has 0 radical (unpaired) electrons. The van der Waals surface area contributed by atoms with Gasteiger partial charge >= 0.3 is 12.4 Å². The van der Waals surface area contributed by atoms with Crippen LogP contribution in [0, 0.1) is 5.82 Å². The minimum Gasteiger partial charge on any atom is -0.348 e.